The molecule has 4 heteroatoms. The van der Waals surface area contributed by atoms with Crippen LogP contribution < -0.4 is 0 Å². The van der Waals surface area contributed by atoms with Crippen LogP contribution >= 0.6 is 0 Å². The zero-order valence-electron chi connectivity index (χ0n) is 12.9. The number of para-hydroxylation sites is 1. The summed E-state index contributed by atoms with van der Waals surface area (Å²) in [4.78, 5) is 18.4. The number of carbonyl (C=O) groups excluding carboxylic acids is 1. The van der Waals surface area contributed by atoms with Crippen LogP contribution in [0.1, 0.15) is 11.3 Å². The highest BCUT2D eigenvalue weighted by Crippen LogP contribution is 2.20. The summed E-state index contributed by atoms with van der Waals surface area (Å²) in [6.45, 7) is 2.94. The number of likely N-dealkylation sites (N-methyl/N-ethyl adjacent to an activating group) is 1. The number of benzene rings is 1. The Balaban J connectivity index is 1.75. The number of aryl methyl sites for hydroxylation is 1. The van der Waals surface area contributed by atoms with Gasteiger partial charge in [0.2, 0.25) is 5.91 Å². The van der Waals surface area contributed by atoms with Crippen molar-refractivity contribution < 1.29 is 4.79 Å². The molecule has 0 N–H and O–H groups in total. The Morgan fingerprint density at radius 1 is 1.18 bits per heavy atom. The average molecular weight is 293 g/mol. The van der Waals surface area contributed by atoms with Crippen molar-refractivity contribution in [3.05, 3.63) is 66.1 Å². The predicted molar refractivity (Wildman–Crippen MR) is 87.4 cm³/mol. The van der Waals surface area contributed by atoms with Crippen LogP contribution in [-0.2, 0) is 17.9 Å². The van der Waals surface area contributed by atoms with Gasteiger partial charge in [-0.3, -0.25) is 9.78 Å². The Kier molecular flexibility index (Phi) is 3.92. The van der Waals surface area contributed by atoms with Crippen LogP contribution in [0.15, 0.2) is 54.9 Å². The molecule has 0 fully saturated rings. The molecule has 112 valence electrons. The van der Waals surface area contributed by atoms with Gasteiger partial charge in [0.05, 0.1) is 12.2 Å². The minimum Gasteiger partial charge on any atom is -0.338 e. The summed E-state index contributed by atoms with van der Waals surface area (Å²) in [7, 11) is 1.82. The molecule has 22 heavy (non-hydrogen) atoms. The van der Waals surface area contributed by atoms with Gasteiger partial charge in [0, 0.05) is 30.3 Å². The van der Waals surface area contributed by atoms with Crippen LogP contribution in [0, 0.1) is 6.92 Å². The lowest BCUT2D eigenvalue weighted by Crippen LogP contribution is -2.29. The van der Waals surface area contributed by atoms with E-state index in [-0.39, 0.29) is 5.91 Å². The highest BCUT2D eigenvalue weighted by molar-refractivity contribution is 5.85. The maximum Gasteiger partial charge on any atom is 0.242 e. The summed E-state index contributed by atoms with van der Waals surface area (Å²) in [6, 6.07) is 13.9. The molecule has 2 aromatic heterocycles. The normalized spacial score (nSPS) is 10.8. The molecule has 3 aromatic rings. The standard InChI is InChI=1S/C18H19N3O/c1-14-11-21(17-9-4-3-8-16(14)17)13-18(22)20(2)12-15-7-5-6-10-19-15/h3-11H,12-13H2,1-2H3. The first-order valence-electron chi connectivity index (χ1n) is 7.33. The minimum atomic E-state index is 0.0754. The van der Waals surface area contributed by atoms with Crippen molar-refractivity contribution in [2.75, 3.05) is 7.05 Å². The quantitative estimate of drug-likeness (QED) is 0.741. The fourth-order valence-corrected chi connectivity index (χ4v) is 2.65. The van der Waals surface area contributed by atoms with Gasteiger partial charge in [0.25, 0.3) is 0 Å². The second-order valence-electron chi connectivity index (χ2n) is 5.53. The molecule has 0 saturated carbocycles. The van der Waals surface area contributed by atoms with Gasteiger partial charge in [-0.15, -0.1) is 0 Å². The number of pyridine rings is 1. The second-order valence-corrected chi connectivity index (χ2v) is 5.53. The molecule has 3 rings (SSSR count). The van der Waals surface area contributed by atoms with Crippen molar-refractivity contribution in [3.63, 3.8) is 0 Å². The molecule has 4 nitrogen and oxygen atoms in total. The van der Waals surface area contributed by atoms with Crippen molar-refractivity contribution >= 4 is 16.8 Å². The van der Waals surface area contributed by atoms with Gasteiger partial charge in [-0.05, 0) is 30.7 Å². The van der Waals surface area contributed by atoms with E-state index in [4.69, 9.17) is 0 Å². The van der Waals surface area contributed by atoms with Crippen molar-refractivity contribution in [2.24, 2.45) is 0 Å². The van der Waals surface area contributed by atoms with E-state index in [2.05, 4.69) is 18.0 Å². The minimum absolute atomic E-state index is 0.0754. The number of rotatable bonds is 4. The number of fused-ring (bicyclic) bond motifs is 1. The summed E-state index contributed by atoms with van der Waals surface area (Å²) in [6.07, 6.45) is 3.79. The van der Waals surface area contributed by atoms with Gasteiger partial charge in [-0.2, -0.15) is 0 Å². The van der Waals surface area contributed by atoms with Gasteiger partial charge >= 0.3 is 0 Å². The van der Waals surface area contributed by atoms with Crippen molar-refractivity contribution in [2.45, 2.75) is 20.0 Å². The van der Waals surface area contributed by atoms with Crippen LogP contribution in [0.4, 0.5) is 0 Å². The highest BCUT2D eigenvalue weighted by Gasteiger charge is 2.13. The fraction of sp³-hybridized carbons (Fsp3) is 0.222. The molecule has 0 unspecified atom stereocenters. The molecule has 0 aliphatic heterocycles. The zero-order valence-corrected chi connectivity index (χ0v) is 12.9. The molecule has 0 radical (unpaired) electrons. The number of nitrogens with zero attached hydrogens (tertiary/aromatic N) is 3. The summed E-state index contributed by atoms with van der Waals surface area (Å²) >= 11 is 0. The third kappa shape index (κ3) is 2.86. The van der Waals surface area contributed by atoms with E-state index in [1.807, 2.05) is 54.2 Å². The third-order valence-corrected chi connectivity index (χ3v) is 3.84. The van der Waals surface area contributed by atoms with Gasteiger partial charge in [-0.1, -0.05) is 24.3 Å². The largest absolute Gasteiger partial charge is 0.338 e. The summed E-state index contributed by atoms with van der Waals surface area (Å²) < 4.78 is 2.02. The molecule has 2 heterocycles. The Morgan fingerprint density at radius 2 is 1.95 bits per heavy atom. The lowest BCUT2D eigenvalue weighted by Gasteiger charge is -2.17. The number of amides is 1. The lowest BCUT2D eigenvalue weighted by atomic mass is 10.2. The highest BCUT2D eigenvalue weighted by atomic mass is 16.2. The van der Waals surface area contributed by atoms with Crippen molar-refractivity contribution in [1.82, 2.24) is 14.5 Å². The van der Waals surface area contributed by atoms with Crippen LogP contribution in [0.3, 0.4) is 0 Å². The molecule has 0 spiro atoms. The Bertz CT molecular complexity index is 792. The molecular formula is C18H19N3O. The lowest BCUT2D eigenvalue weighted by molar-refractivity contribution is -0.131. The first-order chi connectivity index (χ1) is 10.6. The molecule has 0 saturated heterocycles. The summed E-state index contributed by atoms with van der Waals surface area (Å²) in [5.41, 5.74) is 3.18. The van der Waals surface area contributed by atoms with Gasteiger partial charge in [-0.25, -0.2) is 0 Å². The summed E-state index contributed by atoms with van der Waals surface area (Å²) in [5, 5.41) is 1.20. The first kappa shape index (κ1) is 14.3. The van der Waals surface area contributed by atoms with E-state index in [1.165, 1.54) is 10.9 Å². The second kappa shape index (κ2) is 6.02. The molecule has 0 atom stereocenters. The Morgan fingerprint density at radius 3 is 2.73 bits per heavy atom. The SMILES string of the molecule is Cc1cn(CC(=O)N(C)Cc2ccccn2)c2ccccc12. The molecular weight excluding hydrogens is 274 g/mol. The monoisotopic (exact) mass is 293 g/mol. The van der Waals surface area contributed by atoms with E-state index < -0.39 is 0 Å². The van der Waals surface area contributed by atoms with E-state index >= 15 is 0 Å². The van der Waals surface area contributed by atoms with E-state index in [9.17, 15) is 4.79 Å². The van der Waals surface area contributed by atoms with Gasteiger partial charge in [0.15, 0.2) is 0 Å². The molecule has 0 aliphatic carbocycles. The number of hydrogen-bond donors (Lipinski definition) is 0. The van der Waals surface area contributed by atoms with E-state index in [1.54, 1.807) is 11.1 Å². The Labute approximate surface area is 130 Å². The number of carbonyl (C=O) groups is 1. The number of hydrogen-bond acceptors (Lipinski definition) is 2. The van der Waals surface area contributed by atoms with Crippen LogP contribution in [0.5, 0.6) is 0 Å². The Hall–Kier alpha value is -2.62. The topological polar surface area (TPSA) is 38.1 Å². The van der Waals surface area contributed by atoms with E-state index in [0.29, 0.717) is 13.1 Å². The maximum atomic E-state index is 12.4. The van der Waals surface area contributed by atoms with E-state index in [0.717, 1.165) is 11.2 Å². The average Bonchev–Trinajstić information content (AvgIpc) is 2.85. The van der Waals surface area contributed by atoms with Crippen LogP contribution in [0.25, 0.3) is 10.9 Å². The van der Waals surface area contributed by atoms with Gasteiger partial charge in [0.1, 0.15) is 6.54 Å². The molecule has 0 aliphatic rings. The van der Waals surface area contributed by atoms with Crippen LogP contribution in [-0.4, -0.2) is 27.4 Å². The molecule has 0 bridgehead atoms. The fourth-order valence-electron chi connectivity index (χ4n) is 2.65. The van der Waals surface area contributed by atoms with Gasteiger partial charge < -0.3 is 9.47 Å². The number of aromatic nitrogens is 2. The summed E-state index contributed by atoms with van der Waals surface area (Å²) in [5.74, 6) is 0.0754. The third-order valence-electron chi connectivity index (χ3n) is 3.84. The first-order valence-corrected chi connectivity index (χ1v) is 7.33. The maximum absolute atomic E-state index is 12.4. The predicted octanol–water partition coefficient (Wildman–Crippen LogP) is 3.00. The zero-order chi connectivity index (χ0) is 15.5. The molecule has 1 aromatic carbocycles. The van der Waals surface area contributed by atoms with Crippen molar-refractivity contribution in [1.29, 1.82) is 0 Å². The van der Waals surface area contributed by atoms with Crippen LogP contribution in [0.2, 0.25) is 0 Å². The molecule has 1 amide bonds. The smallest absolute Gasteiger partial charge is 0.242 e. The van der Waals surface area contributed by atoms with Crippen molar-refractivity contribution in [3.8, 4) is 0 Å².